The lowest BCUT2D eigenvalue weighted by molar-refractivity contribution is -0.142. The van der Waals surface area contributed by atoms with Gasteiger partial charge in [-0.25, -0.2) is 9.78 Å². The molecule has 1 aromatic heterocycles. The molecule has 0 aliphatic heterocycles. The SMILES string of the molecule is NC(=O)CC(NC(=O)C(Cc1cnc[nH]1)NC(=O)C(N)CCC(=O)O)C(=O)NC(CCCN=C(N)N)C(=O)O. The molecule has 4 unspecified atom stereocenters. The van der Waals surface area contributed by atoms with Gasteiger partial charge in [0.1, 0.15) is 18.1 Å². The van der Waals surface area contributed by atoms with E-state index in [1.165, 1.54) is 12.5 Å². The van der Waals surface area contributed by atoms with Crippen LogP contribution in [-0.4, -0.2) is 92.4 Å². The summed E-state index contributed by atoms with van der Waals surface area (Å²) in [4.78, 5) is 82.7. The predicted molar refractivity (Wildman–Crippen MR) is 134 cm³/mol. The van der Waals surface area contributed by atoms with Crippen LogP contribution in [0.15, 0.2) is 17.5 Å². The van der Waals surface area contributed by atoms with Gasteiger partial charge in [-0.05, 0) is 19.3 Å². The third-order valence-electron chi connectivity index (χ3n) is 5.22. The highest BCUT2D eigenvalue weighted by molar-refractivity contribution is 5.96. The largest absolute Gasteiger partial charge is 0.481 e. The van der Waals surface area contributed by atoms with E-state index >= 15 is 0 Å². The van der Waals surface area contributed by atoms with Crippen molar-refractivity contribution in [3.05, 3.63) is 18.2 Å². The number of nitrogens with one attached hydrogen (secondary N) is 4. The zero-order chi connectivity index (χ0) is 29.5. The first-order chi connectivity index (χ1) is 18.3. The van der Waals surface area contributed by atoms with Crippen LogP contribution in [0.2, 0.25) is 0 Å². The molecule has 216 valence electrons. The number of primary amides is 1. The number of hydrogen-bond acceptors (Lipinski definition) is 9. The number of aromatic nitrogens is 2. The second-order valence-electron chi connectivity index (χ2n) is 8.46. The van der Waals surface area contributed by atoms with Gasteiger partial charge in [-0.1, -0.05) is 0 Å². The second-order valence-corrected chi connectivity index (χ2v) is 8.46. The van der Waals surface area contributed by atoms with E-state index in [1.54, 1.807) is 0 Å². The minimum atomic E-state index is -1.59. The summed E-state index contributed by atoms with van der Waals surface area (Å²) in [7, 11) is 0. The van der Waals surface area contributed by atoms with Crippen LogP contribution < -0.4 is 38.9 Å². The van der Waals surface area contributed by atoms with E-state index in [-0.39, 0.29) is 44.6 Å². The number of aliphatic carboxylic acids is 2. The molecule has 4 atom stereocenters. The number of hydrogen-bond donors (Lipinski definition) is 10. The van der Waals surface area contributed by atoms with Crippen LogP contribution in [0.1, 0.15) is 37.8 Å². The van der Waals surface area contributed by atoms with Crippen molar-refractivity contribution in [3.8, 4) is 0 Å². The highest BCUT2D eigenvalue weighted by atomic mass is 16.4. The number of nitrogens with zero attached hydrogens (tertiary/aromatic N) is 2. The Balaban J connectivity index is 3.01. The number of nitrogens with two attached hydrogens (primary N) is 4. The number of carboxylic acid groups (broad SMARTS) is 2. The van der Waals surface area contributed by atoms with Crippen molar-refractivity contribution in [2.45, 2.75) is 62.7 Å². The molecule has 0 saturated carbocycles. The number of amides is 4. The number of H-pyrrole nitrogens is 1. The van der Waals surface area contributed by atoms with Gasteiger partial charge in [0.25, 0.3) is 0 Å². The average Bonchev–Trinajstić information content (AvgIpc) is 3.35. The number of imidazole rings is 1. The molecular weight excluding hydrogens is 520 g/mol. The van der Waals surface area contributed by atoms with Gasteiger partial charge in [0.05, 0.1) is 18.8 Å². The van der Waals surface area contributed by atoms with Crippen molar-refractivity contribution in [3.63, 3.8) is 0 Å². The topological polar surface area (TPSA) is 324 Å². The lowest BCUT2D eigenvalue weighted by Gasteiger charge is -2.24. The maximum absolute atomic E-state index is 13.1. The molecule has 4 amide bonds. The summed E-state index contributed by atoms with van der Waals surface area (Å²) in [5.74, 6) is -6.48. The molecule has 0 fully saturated rings. The third-order valence-corrected chi connectivity index (χ3v) is 5.22. The summed E-state index contributed by atoms with van der Waals surface area (Å²) in [6.07, 6.45) is 1.43. The number of carbonyl (C=O) groups excluding carboxylic acids is 4. The lowest BCUT2D eigenvalue weighted by Crippen LogP contribution is -2.58. The molecule has 39 heavy (non-hydrogen) atoms. The number of aliphatic imine (C=N–C) groups is 1. The fraction of sp³-hybridized carbons (Fsp3) is 0.524. The molecule has 14 N–H and O–H groups in total. The molecule has 18 nitrogen and oxygen atoms in total. The maximum Gasteiger partial charge on any atom is 0.326 e. The van der Waals surface area contributed by atoms with Gasteiger partial charge in [0, 0.05) is 31.3 Å². The number of guanidine groups is 1. The molecule has 0 spiro atoms. The van der Waals surface area contributed by atoms with Crippen LogP contribution in [0.4, 0.5) is 0 Å². The Kier molecular flexibility index (Phi) is 13.4. The first-order valence-electron chi connectivity index (χ1n) is 11.7. The van der Waals surface area contributed by atoms with Gasteiger partial charge in [-0.3, -0.25) is 29.0 Å². The van der Waals surface area contributed by atoms with Crippen LogP contribution in [0, 0.1) is 0 Å². The molecule has 1 aromatic rings. The Labute approximate surface area is 222 Å². The van der Waals surface area contributed by atoms with Crippen molar-refractivity contribution in [2.75, 3.05) is 6.54 Å². The normalized spacial score (nSPS) is 13.7. The average molecular weight is 555 g/mol. The summed E-state index contributed by atoms with van der Waals surface area (Å²) < 4.78 is 0. The minimum absolute atomic E-state index is 0.0676. The van der Waals surface area contributed by atoms with Crippen LogP contribution in [0.3, 0.4) is 0 Å². The lowest BCUT2D eigenvalue weighted by atomic mass is 10.1. The first-order valence-corrected chi connectivity index (χ1v) is 11.7. The van der Waals surface area contributed by atoms with Crippen molar-refractivity contribution in [1.29, 1.82) is 0 Å². The van der Waals surface area contributed by atoms with Crippen molar-refractivity contribution >= 4 is 41.5 Å². The Hall–Kier alpha value is -4.74. The smallest absolute Gasteiger partial charge is 0.326 e. The quantitative estimate of drug-likeness (QED) is 0.0467. The fourth-order valence-corrected chi connectivity index (χ4v) is 3.23. The van der Waals surface area contributed by atoms with E-state index in [9.17, 15) is 33.9 Å². The maximum atomic E-state index is 13.1. The number of carboxylic acids is 2. The van der Waals surface area contributed by atoms with E-state index in [1.807, 2.05) is 0 Å². The molecular formula is C21H34N10O8. The van der Waals surface area contributed by atoms with Crippen molar-refractivity contribution in [1.82, 2.24) is 25.9 Å². The molecule has 1 rings (SSSR count). The van der Waals surface area contributed by atoms with Gasteiger partial charge in [0.2, 0.25) is 23.6 Å². The van der Waals surface area contributed by atoms with Crippen molar-refractivity contribution < 1.29 is 39.0 Å². The van der Waals surface area contributed by atoms with Crippen LogP contribution in [0.25, 0.3) is 0 Å². The Morgan fingerprint density at radius 2 is 1.54 bits per heavy atom. The Morgan fingerprint density at radius 3 is 2.08 bits per heavy atom. The zero-order valence-corrected chi connectivity index (χ0v) is 21.0. The first kappa shape index (κ1) is 32.3. The predicted octanol–water partition coefficient (Wildman–Crippen LogP) is -4.39. The van der Waals surface area contributed by atoms with Gasteiger partial charge in [0.15, 0.2) is 5.96 Å². The minimum Gasteiger partial charge on any atom is -0.481 e. The van der Waals surface area contributed by atoms with E-state index < -0.39 is 66.2 Å². The molecule has 0 saturated heterocycles. The third kappa shape index (κ3) is 12.9. The summed E-state index contributed by atoms with van der Waals surface area (Å²) in [5.41, 5.74) is 21.8. The van der Waals surface area contributed by atoms with E-state index in [0.29, 0.717) is 5.69 Å². The van der Waals surface area contributed by atoms with Gasteiger partial charge in [-0.2, -0.15) is 0 Å². The molecule has 18 heteroatoms. The second kappa shape index (κ2) is 16.2. The molecule has 0 bridgehead atoms. The summed E-state index contributed by atoms with van der Waals surface area (Å²) in [6, 6.07) is -5.58. The number of rotatable bonds is 18. The number of carbonyl (C=O) groups is 6. The molecule has 0 aliphatic rings. The molecule has 0 aliphatic carbocycles. The number of aromatic amines is 1. The van der Waals surface area contributed by atoms with Crippen LogP contribution >= 0.6 is 0 Å². The fourth-order valence-electron chi connectivity index (χ4n) is 3.23. The molecule has 1 heterocycles. The van der Waals surface area contributed by atoms with E-state index in [0.717, 1.165) is 0 Å². The Bertz CT molecular complexity index is 1040. The summed E-state index contributed by atoms with van der Waals surface area (Å²) in [5, 5.41) is 25.2. The van der Waals surface area contributed by atoms with Crippen LogP contribution in [-0.2, 0) is 35.2 Å². The van der Waals surface area contributed by atoms with E-state index in [2.05, 4.69) is 30.9 Å². The highest BCUT2D eigenvalue weighted by Gasteiger charge is 2.31. The standard InChI is InChI=1S/C21H34N10O8/c22-11(3-4-16(33)34)17(35)30-13(6-10-8-26-9-28-10)18(36)31-14(7-15(23)32)19(37)29-12(20(38)39)2-1-5-27-21(24)25/h8-9,11-14H,1-7,22H2,(H2,23,32)(H,26,28)(H,29,37)(H,30,35)(H,31,36)(H,33,34)(H,38,39)(H4,24,25,27). The monoisotopic (exact) mass is 554 g/mol. The van der Waals surface area contributed by atoms with Crippen LogP contribution in [0.5, 0.6) is 0 Å². The van der Waals surface area contributed by atoms with Gasteiger partial charge in [-0.15, -0.1) is 0 Å². The summed E-state index contributed by atoms with van der Waals surface area (Å²) in [6.45, 7) is 0.104. The van der Waals surface area contributed by atoms with Gasteiger partial charge >= 0.3 is 11.9 Å². The Morgan fingerprint density at radius 1 is 0.923 bits per heavy atom. The molecule has 0 radical (unpaired) electrons. The highest BCUT2D eigenvalue weighted by Crippen LogP contribution is 2.05. The summed E-state index contributed by atoms with van der Waals surface area (Å²) >= 11 is 0. The van der Waals surface area contributed by atoms with Crippen molar-refractivity contribution in [2.24, 2.45) is 27.9 Å². The zero-order valence-electron chi connectivity index (χ0n) is 21.0. The van der Waals surface area contributed by atoms with E-state index in [4.69, 9.17) is 28.0 Å². The molecule has 0 aromatic carbocycles. The van der Waals surface area contributed by atoms with Gasteiger partial charge < -0.3 is 54.1 Å².